The Bertz CT molecular complexity index is 1090. The van der Waals surface area contributed by atoms with Crippen molar-refractivity contribution in [2.75, 3.05) is 20.8 Å². The van der Waals surface area contributed by atoms with Crippen LogP contribution in [0.4, 0.5) is 0 Å². The summed E-state index contributed by atoms with van der Waals surface area (Å²) in [5.41, 5.74) is 0.891. The number of aliphatic hydroxyl groups is 1. The maximum Gasteiger partial charge on any atom is 0.244 e. The number of benzene rings is 2. The summed E-state index contributed by atoms with van der Waals surface area (Å²) in [5, 5.41) is 12.6. The molecule has 178 valence electrons. The number of aliphatic hydroxyl groups excluding tert-OH is 1. The molecule has 0 aliphatic carbocycles. The van der Waals surface area contributed by atoms with Gasteiger partial charge in [-0.2, -0.15) is 0 Å². The van der Waals surface area contributed by atoms with Gasteiger partial charge < -0.3 is 24.6 Å². The molecule has 1 heterocycles. The predicted octanol–water partition coefficient (Wildman–Crippen LogP) is 1.37. The van der Waals surface area contributed by atoms with Crippen LogP contribution in [-0.4, -0.2) is 58.5 Å². The molecule has 0 spiro atoms. The highest BCUT2D eigenvalue weighted by Crippen LogP contribution is 2.24. The van der Waals surface area contributed by atoms with Gasteiger partial charge in [-0.25, -0.2) is 13.1 Å². The third-order valence-electron chi connectivity index (χ3n) is 5.12. The van der Waals surface area contributed by atoms with Crippen molar-refractivity contribution in [1.29, 1.82) is 0 Å². The smallest absolute Gasteiger partial charge is 0.244 e. The average molecular weight is 477 g/mol. The summed E-state index contributed by atoms with van der Waals surface area (Å²) < 4.78 is 44.3. The molecular formula is C23H28N2O7S. The number of sulfonamides is 1. The largest absolute Gasteiger partial charge is 0.497 e. The minimum Gasteiger partial charge on any atom is -0.497 e. The summed E-state index contributed by atoms with van der Waals surface area (Å²) in [4.78, 5) is 12.3. The van der Waals surface area contributed by atoms with E-state index in [2.05, 4.69) is 10.0 Å². The number of amides is 1. The molecule has 1 aliphatic rings. The van der Waals surface area contributed by atoms with Crippen molar-refractivity contribution in [2.24, 2.45) is 0 Å². The van der Waals surface area contributed by atoms with Crippen LogP contribution in [0.3, 0.4) is 0 Å². The summed E-state index contributed by atoms with van der Waals surface area (Å²) >= 11 is 0. The molecule has 0 radical (unpaired) electrons. The quantitative estimate of drug-likeness (QED) is 0.443. The number of methoxy groups -OCH3 is 2. The van der Waals surface area contributed by atoms with E-state index < -0.39 is 34.9 Å². The highest BCUT2D eigenvalue weighted by molar-refractivity contribution is 7.89. The van der Waals surface area contributed by atoms with Gasteiger partial charge in [0, 0.05) is 6.54 Å². The van der Waals surface area contributed by atoms with Crippen LogP contribution in [-0.2, 0) is 26.1 Å². The van der Waals surface area contributed by atoms with Gasteiger partial charge in [-0.15, -0.1) is 0 Å². The van der Waals surface area contributed by atoms with Gasteiger partial charge in [-0.3, -0.25) is 4.79 Å². The highest BCUT2D eigenvalue weighted by Gasteiger charge is 2.32. The molecule has 0 saturated heterocycles. The Morgan fingerprint density at radius 2 is 1.88 bits per heavy atom. The van der Waals surface area contributed by atoms with E-state index in [1.54, 1.807) is 37.5 Å². The van der Waals surface area contributed by atoms with E-state index in [9.17, 15) is 18.3 Å². The average Bonchev–Trinajstić information content (AvgIpc) is 2.83. The summed E-state index contributed by atoms with van der Waals surface area (Å²) in [7, 11) is -0.976. The zero-order valence-corrected chi connectivity index (χ0v) is 19.2. The Morgan fingerprint density at radius 1 is 1.09 bits per heavy atom. The number of hydrogen-bond donors (Lipinski definition) is 3. The fourth-order valence-electron chi connectivity index (χ4n) is 3.43. The first-order chi connectivity index (χ1) is 15.9. The van der Waals surface area contributed by atoms with E-state index in [0.29, 0.717) is 12.3 Å². The van der Waals surface area contributed by atoms with Gasteiger partial charge >= 0.3 is 0 Å². The van der Waals surface area contributed by atoms with Crippen molar-refractivity contribution in [2.45, 2.75) is 36.1 Å². The Kier molecular flexibility index (Phi) is 8.45. The summed E-state index contributed by atoms with van der Waals surface area (Å²) in [6, 6.07) is 12.8. The topological polar surface area (TPSA) is 123 Å². The van der Waals surface area contributed by atoms with E-state index in [1.807, 2.05) is 24.3 Å². The van der Waals surface area contributed by atoms with Crippen LogP contribution >= 0.6 is 0 Å². The lowest BCUT2D eigenvalue weighted by atomic mass is 10.1. The molecule has 2 aromatic carbocycles. The molecule has 3 N–H and O–H groups in total. The van der Waals surface area contributed by atoms with Gasteiger partial charge in [-0.1, -0.05) is 36.4 Å². The molecule has 3 rings (SSSR count). The van der Waals surface area contributed by atoms with E-state index in [-0.39, 0.29) is 23.0 Å². The van der Waals surface area contributed by atoms with Gasteiger partial charge in [-0.05, 0) is 29.8 Å². The van der Waals surface area contributed by atoms with Crippen LogP contribution < -0.4 is 19.5 Å². The van der Waals surface area contributed by atoms with Crippen molar-refractivity contribution in [1.82, 2.24) is 10.0 Å². The number of hydrogen-bond acceptors (Lipinski definition) is 7. The molecular weight excluding hydrogens is 448 g/mol. The summed E-state index contributed by atoms with van der Waals surface area (Å²) in [6.07, 6.45) is 1.79. The van der Waals surface area contributed by atoms with E-state index >= 15 is 0 Å². The molecule has 10 heteroatoms. The van der Waals surface area contributed by atoms with Crippen LogP contribution in [0, 0.1) is 0 Å². The third-order valence-corrected chi connectivity index (χ3v) is 6.62. The normalized spacial score (nSPS) is 20.3. The predicted molar refractivity (Wildman–Crippen MR) is 121 cm³/mol. The zero-order chi connectivity index (χ0) is 23.8. The van der Waals surface area contributed by atoms with Crippen LogP contribution in [0.1, 0.15) is 12.0 Å². The third kappa shape index (κ3) is 6.55. The maximum absolute atomic E-state index is 12.8. The molecule has 2 aromatic rings. The van der Waals surface area contributed by atoms with Crippen molar-refractivity contribution >= 4 is 15.9 Å². The molecule has 3 atom stereocenters. The van der Waals surface area contributed by atoms with Crippen LogP contribution in [0.15, 0.2) is 65.6 Å². The van der Waals surface area contributed by atoms with Gasteiger partial charge in [0.25, 0.3) is 0 Å². The van der Waals surface area contributed by atoms with Gasteiger partial charge in [0.15, 0.2) is 0 Å². The van der Waals surface area contributed by atoms with E-state index in [4.69, 9.17) is 14.2 Å². The summed E-state index contributed by atoms with van der Waals surface area (Å²) in [5.74, 6) is 0.668. The Hall–Kier alpha value is -2.92. The molecule has 33 heavy (non-hydrogen) atoms. The zero-order valence-electron chi connectivity index (χ0n) is 18.4. The van der Waals surface area contributed by atoms with E-state index in [0.717, 1.165) is 5.56 Å². The molecule has 9 nitrogen and oxygen atoms in total. The number of rotatable bonds is 10. The second-order valence-corrected chi connectivity index (χ2v) is 9.09. The van der Waals surface area contributed by atoms with Crippen LogP contribution in [0.2, 0.25) is 0 Å². The number of para-hydroxylation sites is 1. The summed E-state index contributed by atoms with van der Waals surface area (Å²) in [6.45, 7) is -0.0946. The van der Waals surface area contributed by atoms with Gasteiger partial charge in [0.2, 0.25) is 15.9 Å². The SMILES string of the molecule is COc1cccc(CNC(=O)C[C@H]2C=C[C@H](NS(=O)(=O)c3ccccc3OC)[C@@H](CO)O2)c1. The van der Waals surface area contributed by atoms with Crippen molar-refractivity contribution in [3.8, 4) is 11.5 Å². The second kappa shape index (κ2) is 11.3. The molecule has 1 amide bonds. The van der Waals surface area contributed by atoms with Gasteiger partial charge in [0.05, 0.1) is 39.4 Å². The second-order valence-electron chi connectivity index (χ2n) is 7.41. The fraction of sp³-hybridized carbons (Fsp3) is 0.348. The fourth-order valence-corrected chi connectivity index (χ4v) is 4.82. The minimum absolute atomic E-state index is 0.0170. The molecule has 0 unspecified atom stereocenters. The molecule has 0 fully saturated rings. The number of ether oxygens (including phenoxy) is 3. The highest BCUT2D eigenvalue weighted by atomic mass is 32.2. The first-order valence-corrected chi connectivity index (χ1v) is 11.8. The Balaban J connectivity index is 1.60. The molecule has 0 saturated carbocycles. The lowest BCUT2D eigenvalue weighted by Crippen LogP contribution is -2.49. The lowest BCUT2D eigenvalue weighted by Gasteiger charge is -2.31. The minimum atomic E-state index is -3.94. The maximum atomic E-state index is 12.8. The standard InChI is InChI=1S/C23H28N2O7S/c1-30-17-7-5-6-16(12-17)14-24-23(27)13-18-10-11-19(21(15-26)32-18)25-33(28,29)22-9-4-3-8-20(22)31-2/h3-12,18-19,21,25-26H,13-15H2,1-2H3,(H,24,27)/t18-,19+,21-/m1/s1. The van der Waals surface area contributed by atoms with E-state index in [1.165, 1.54) is 13.2 Å². The number of carbonyl (C=O) groups excluding carboxylic acids is 1. The molecule has 1 aliphatic heterocycles. The van der Waals surface area contributed by atoms with Crippen LogP contribution in [0.25, 0.3) is 0 Å². The first-order valence-electron chi connectivity index (χ1n) is 10.4. The Morgan fingerprint density at radius 3 is 2.61 bits per heavy atom. The molecule has 0 aromatic heterocycles. The Labute approximate surface area is 193 Å². The number of nitrogens with one attached hydrogen (secondary N) is 2. The monoisotopic (exact) mass is 476 g/mol. The van der Waals surface area contributed by atoms with Crippen molar-refractivity contribution in [3.05, 3.63) is 66.2 Å². The molecule has 0 bridgehead atoms. The van der Waals surface area contributed by atoms with Crippen molar-refractivity contribution < 1.29 is 32.5 Å². The number of carbonyl (C=O) groups is 1. The van der Waals surface area contributed by atoms with Crippen molar-refractivity contribution in [3.63, 3.8) is 0 Å². The van der Waals surface area contributed by atoms with Crippen LogP contribution in [0.5, 0.6) is 11.5 Å². The first kappa shape index (κ1) is 24.7. The van der Waals surface area contributed by atoms with Gasteiger partial charge in [0.1, 0.15) is 22.5 Å². The lowest BCUT2D eigenvalue weighted by molar-refractivity contribution is -0.125.